The maximum atomic E-state index is 11.9. The molecule has 6 heteroatoms. The van der Waals surface area contributed by atoms with Crippen LogP contribution in [0.3, 0.4) is 0 Å². The second-order valence-electron chi connectivity index (χ2n) is 4.58. The maximum absolute atomic E-state index is 11.9. The molecule has 0 heterocycles. The third-order valence-corrected chi connectivity index (χ3v) is 4.90. The third-order valence-electron chi connectivity index (χ3n) is 2.65. The number of alkyl halides is 1. The Morgan fingerprint density at radius 3 is 2.19 bits per heavy atom. The highest BCUT2D eigenvalue weighted by Crippen LogP contribution is 2.18. The molecule has 0 radical (unpaired) electrons. The van der Waals surface area contributed by atoms with Gasteiger partial charge in [-0.3, -0.25) is 4.79 Å². The molecule has 96 valence electrons. The van der Waals surface area contributed by atoms with E-state index in [9.17, 15) is 13.2 Å². The van der Waals surface area contributed by atoms with Gasteiger partial charge >= 0.3 is 0 Å². The highest BCUT2D eigenvalue weighted by Gasteiger charge is 2.40. The first-order chi connectivity index (χ1) is 7.00. The lowest BCUT2D eigenvalue weighted by Gasteiger charge is -2.28. The Bertz CT molecular complexity index is 349. The number of rotatable bonds is 5. The zero-order chi connectivity index (χ0) is 13.1. The molecule has 16 heavy (non-hydrogen) atoms. The molecule has 0 saturated carbocycles. The van der Waals surface area contributed by atoms with Crippen molar-refractivity contribution in [2.24, 2.45) is 0 Å². The lowest BCUT2D eigenvalue weighted by atomic mass is 10.1. The van der Waals surface area contributed by atoms with Gasteiger partial charge in [-0.05, 0) is 27.2 Å². The normalized spacial score (nSPS) is 14.6. The van der Waals surface area contributed by atoms with Crippen LogP contribution in [-0.4, -0.2) is 49.2 Å². The van der Waals surface area contributed by atoms with Crippen LogP contribution < -0.4 is 0 Å². The zero-order valence-electron chi connectivity index (χ0n) is 10.4. The Morgan fingerprint density at radius 2 is 1.88 bits per heavy atom. The minimum atomic E-state index is -3.41. The Morgan fingerprint density at radius 1 is 1.44 bits per heavy atom. The van der Waals surface area contributed by atoms with Gasteiger partial charge in [0, 0.05) is 25.2 Å². The minimum absolute atomic E-state index is 0.0309. The molecule has 0 aromatic rings. The van der Waals surface area contributed by atoms with Gasteiger partial charge in [0.15, 0.2) is 9.84 Å². The summed E-state index contributed by atoms with van der Waals surface area (Å²) in [6.45, 7) is 5.14. The summed E-state index contributed by atoms with van der Waals surface area (Å²) in [5.41, 5.74) is 0. The number of hydrogen-bond acceptors (Lipinski definition) is 3. The first kappa shape index (κ1) is 15.7. The highest BCUT2D eigenvalue weighted by atomic mass is 35.5. The number of carbonyl (C=O) groups is 1. The molecule has 0 aliphatic carbocycles. The molecule has 0 bridgehead atoms. The number of halogens is 1. The SMILES string of the molecule is CC(Cl)CCN(C)C(=O)C(C)(C)S(C)(=O)=O. The predicted octanol–water partition coefficient (Wildman–Crippen LogP) is 1.29. The van der Waals surface area contributed by atoms with Gasteiger partial charge in [-0.15, -0.1) is 11.6 Å². The van der Waals surface area contributed by atoms with E-state index in [-0.39, 0.29) is 5.38 Å². The van der Waals surface area contributed by atoms with Crippen LogP contribution in [0.2, 0.25) is 0 Å². The number of hydrogen-bond donors (Lipinski definition) is 0. The van der Waals surface area contributed by atoms with Crippen LogP contribution in [0.15, 0.2) is 0 Å². The van der Waals surface area contributed by atoms with Gasteiger partial charge in [0.25, 0.3) is 0 Å². The number of amides is 1. The second kappa shape index (κ2) is 5.36. The zero-order valence-corrected chi connectivity index (χ0v) is 12.0. The van der Waals surface area contributed by atoms with Crippen LogP contribution >= 0.6 is 11.6 Å². The monoisotopic (exact) mass is 269 g/mol. The van der Waals surface area contributed by atoms with Crippen molar-refractivity contribution in [3.63, 3.8) is 0 Å². The van der Waals surface area contributed by atoms with Gasteiger partial charge in [-0.1, -0.05) is 0 Å². The van der Waals surface area contributed by atoms with Gasteiger partial charge in [0.2, 0.25) is 5.91 Å². The van der Waals surface area contributed by atoms with E-state index < -0.39 is 20.5 Å². The summed E-state index contributed by atoms with van der Waals surface area (Å²) in [6.07, 6.45) is 1.71. The van der Waals surface area contributed by atoms with Gasteiger partial charge in [-0.25, -0.2) is 8.42 Å². The standard InChI is InChI=1S/C10H20ClNO3S/c1-8(11)6-7-12(4)9(13)10(2,3)16(5,14)15/h8H,6-7H2,1-5H3. The van der Waals surface area contributed by atoms with Gasteiger partial charge in [0.1, 0.15) is 4.75 Å². The summed E-state index contributed by atoms with van der Waals surface area (Å²) >= 11 is 5.77. The first-order valence-electron chi connectivity index (χ1n) is 5.09. The lowest BCUT2D eigenvalue weighted by molar-refractivity contribution is -0.131. The number of nitrogens with zero attached hydrogens (tertiary/aromatic N) is 1. The van der Waals surface area contributed by atoms with Crippen LogP contribution in [0, 0.1) is 0 Å². The van der Waals surface area contributed by atoms with Crippen LogP contribution in [0.25, 0.3) is 0 Å². The average Bonchev–Trinajstić information content (AvgIpc) is 2.10. The molecule has 0 aliphatic rings. The van der Waals surface area contributed by atoms with E-state index in [1.165, 1.54) is 18.7 Å². The molecule has 0 aliphatic heterocycles. The van der Waals surface area contributed by atoms with Crippen molar-refractivity contribution < 1.29 is 13.2 Å². The van der Waals surface area contributed by atoms with Crippen molar-refractivity contribution in [3.05, 3.63) is 0 Å². The van der Waals surface area contributed by atoms with E-state index >= 15 is 0 Å². The minimum Gasteiger partial charge on any atom is -0.344 e. The van der Waals surface area contributed by atoms with Crippen molar-refractivity contribution >= 4 is 27.3 Å². The summed E-state index contributed by atoms with van der Waals surface area (Å²) in [5.74, 6) is -0.396. The van der Waals surface area contributed by atoms with Crippen molar-refractivity contribution in [3.8, 4) is 0 Å². The summed E-state index contributed by atoms with van der Waals surface area (Å²) in [7, 11) is -1.82. The van der Waals surface area contributed by atoms with E-state index in [4.69, 9.17) is 11.6 Å². The molecule has 0 spiro atoms. The van der Waals surface area contributed by atoms with Crippen LogP contribution in [-0.2, 0) is 14.6 Å². The van der Waals surface area contributed by atoms with E-state index in [1.807, 2.05) is 6.92 Å². The summed E-state index contributed by atoms with van der Waals surface area (Å²) in [4.78, 5) is 13.3. The van der Waals surface area contributed by atoms with Crippen molar-refractivity contribution in [1.82, 2.24) is 4.90 Å². The molecule has 4 nitrogen and oxygen atoms in total. The van der Waals surface area contributed by atoms with Crippen molar-refractivity contribution in [2.45, 2.75) is 37.3 Å². The molecule has 0 rings (SSSR count). The molecular weight excluding hydrogens is 250 g/mol. The number of carbonyl (C=O) groups excluding carboxylic acids is 1. The summed E-state index contributed by atoms with van der Waals surface area (Å²) in [6, 6.07) is 0. The van der Waals surface area contributed by atoms with E-state index in [0.717, 1.165) is 6.26 Å². The Balaban J connectivity index is 4.68. The molecule has 0 saturated heterocycles. The lowest BCUT2D eigenvalue weighted by Crippen LogP contribution is -2.48. The molecule has 0 fully saturated rings. The average molecular weight is 270 g/mol. The Hall–Kier alpha value is -0.290. The Kier molecular flexibility index (Phi) is 5.26. The van der Waals surface area contributed by atoms with Crippen LogP contribution in [0.5, 0.6) is 0 Å². The quantitative estimate of drug-likeness (QED) is 0.707. The molecule has 0 N–H and O–H groups in total. The second-order valence-corrected chi connectivity index (χ2v) is 7.89. The topological polar surface area (TPSA) is 54.5 Å². The fourth-order valence-electron chi connectivity index (χ4n) is 1.09. The fraction of sp³-hybridized carbons (Fsp3) is 0.900. The Labute approximate surface area is 103 Å². The van der Waals surface area contributed by atoms with E-state index in [1.54, 1.807) is 7.05 Å². The molecule has 1 unspecified atom stereocenters. The third kappa shape index (κ3) is 3.94. The van der Waals surface area contributed by atoms with E-state index in [2.05, 4.69) is 0 Å². The summed E-state index contributed by atoms with van der Waals surface area (Å²) in [5, 5.41) is -0.0309. The molecule has 0 aromatic heterocycles. The molecule has 1 atom stereocenters. The smallest absolute Gasteiger partial charge is 0.243 e. The maximum Gasteiger partial charge on any atom is 0.243 e. The number of sulfone groups is 1. The van der Waals surface area contributed by atoms with Crippen LogP contribution in [0.1, 0.15) is 27.2 Å². The molecular formula is C10H20ClNO3S. The van der Waals surface area contributed by atoms with Gasteiger partial charge in [0.05, 0.1) is 0 Å². The van der Waals surface area contributed by atoms with Gasteiger partial charge in [-0.2, -0.15) is 0 Å². The van der Waals surface area contributed by atoms with Crippen molar-refractivity contribution in [1.29, 1.82) is 0 Å². The molecule has 1 amide bonds. The highest BCUT2D eigenvalue weighted by molar-refractivity contribution is 7.92. The first-order valence-corrected chi connectivity index (χ1v) is 7.42. The largest absolute Gasteiger partial charge is 0.344 e. The van der Waals surface area contributed by atoms with Gasteiger partial charge < -0.3 is 4.90 Å². The fourth-order valence-corrected chi connectivity index (χ4v) is 1.66. The van der Waals surface area contributed by atoms with Crippen molar-refractivity contribution in [2.75, 3.05) is 19.8 Å². The summed E-state index contributed by atoms with van der Waals surface area (Å²) < 4.78 is 21.5. The molecule has 0 aromatic carbocycles. The predicted molar refractivity (Wildman–Crippen MR) is 66.5 cm³/mol. The van der Waals surface area contributed by atoms with Crippen LogP contribution in [0.4, 0.5) is 0 Å². The van der Waals surface area contributed by atoms with E-state index in [0.29, 0.717) is 13.0 Å².